The zero-order valence-corrected chi connectivity index (χ0v) is 23.3. The van der Waals surface area contributed by atoms with Crippen LogP contribution in [0.4, 0.5) is 0 Å². The molecule has 0 aliphatic heterocycles. The van der Waals surface area contributed by atoms with Gasteiger partial charge in [0.25, 0.3) is 5.91 Å². The van der Waals surface area contributed by atoms with Gasteiger partial charge in [0, 0.05) is 37.8 Å². The Morgan fingerprint density at radius 3 is 2.13 bits per heavy atom. The molecule has 0 N–H and O–H groups in total. The number of nitriles is 2. The lowest BCUT2D eigenvalue weighted by Crippen LogP contribution is -2.32. The molecule has 0 radical (unpaired) electrons. The zero-order chi connectivity index (χ0) is 28.8. The summed E-state index contributed by atoms with van der Waals surface area (Å²) < 4.78 is 57.6. The van der Waals surface area contributed by atoms with E-state index in [9.17, 15) is 26.4 Å². The lowest BCUT2D eigenvalue weighted by atomic mass is 10.2. The Kier molecular flexibility index (Phi) is 9.36. The van der Waals surface area contributed by atoms with Crippen LogP contribution in [-0.2, 0) is 35.9 Å². The van der Waals surface area contributed by atoms with Gasteiger partial charge in [-0.15, -0.1) is 0 Å². The molecule has 12 nitrogen and oxygen atoms in total. The van der Waals surface area contributed by atoms with Gasteiger partial charge in [0.1, 0.15) is 6.54 Å². The van der Waals surface area contributed by atoms with Crippen LogP contribution >= 0.6 is 11.3 Å². The van der Waals surface area contributed by atoms with E-state index < -0.39 is 31.7 Å². The number of thiazole rings is 1. The third-order valence-corrected chi connectivity index (χ3v) is 9.54. The number of fused-ring (bicyclic) bond motifs is 1. The van der Waals surface area contributed by atoms with Gasteiger partial charge in [0.05, 0.1) is 39.3 Å². The smallest absolute Gasteiger partial charge is 0.325 e. The topological polar surface area (TPSA) is 180 Å². The Morgan fingerprint density at radius 2 is 1.59 bits per heavy atom. The highest BCUT2D eigenvalue weighted by atomic mass is 32.2. The molecule has 0 fully saturated rings. The number of carbonyl (C=O) groups excluding carboxylic acids is 2. The number of hydrogen-bond acceptors (Lipinski definition) is 10. The molecule has 0 saturated heterocycles. The summed E-state index contributed by atoms with van der Waals surface area (Å²) in [6.07, 6.45) is 0.967. The lowest BCUT2D eigenvalue weighted by Gasteiger charge is -2.20. The summed E-state index contributed by atoms with van der Waals surface area (Å²) in [4.78, 5) is 29.2. The van der Waals surface area contributed by atoms with E-state index in [-0.39, 0.29) is 52.6 Å². The Morgan fingerprint density at radius 1 is 1.00 bits per heavy atom. The van der Waals surface area contributed by atoms with Crippen LogP contribution in [0.2, 0.25) is 0 Å². The molecule has 3 aromatic rings. The van der Waals surface area contributed by atoms with E-state index >= 15 is 0 Å². The molecule has 0 saturated carbocycles. The van der Waals surface area contributed by atoms with Gasteiger partial charge in [-0.2, -0.15) is 19.8 Å². The van der Waals surface area contributed by atoms with Crippen LogP contribution in [0.3, 0.4) is 0 Å². The minimum atomic E-state index is -4.02. The lowest BCUT2D eigenvalue weighted by molar-refractivity contribution is -0.141. The fraction of sp³-hybridized carbons (Fsp3) is 0.292. The van der Waals surface area contributed by atoms with Crippen molar-refractivity contribution in [3.05, 3.63) is 52.8 Å². The molecule has 0 bridgehead atoms. The van der Waals surface area contributed by atoms with Crippen molar-refractivity contribution in [1.29, 1.82) is 10.5 Å². The van der Waals surface area contributed by atoms with Crippen molar-refractivity contribution in [3.8, 4) is 12.1 Å². The van der Waals surface area contributed by atoms with Gasteiger partial charge >= 0.3 is 5.97 Å². The highest BCUT2D eigenvalue weighted by Crippen LogP contribution is 2.22. The molecule has 0 spiro atoms. The van der Waals surface area contributed by atoms with Crippen molar-refractivity contribution >= 4 is 53.3 Å². The minimum Gasteiger partial charge on any atom is -0.468 e. The number of hydrogen-bond donors (Lipinski definition) is 0. The SMILES string of the molecule is COC(=O)Cn1c(=NC(=O)c2ccc(S(=O)(=O)N(CCC#N)CCC#N)cc2)sc2cc(S(C)(=O)=O)ccc21. The van der Waals surface area contributed by atoms with Gasteiger partial charge in [-0.3, -0.25) is 9.59 Å². The second-order valence-electron chi connectivity index (χ2n) is 8.11. The van der Waals surface area contributed by atoms with Crippen LogP contribution < -0.4 is 4.80 Å². The second kappa shape index (κ2) is 12.3. The molecule has 0 aliphatic rings. The summed E-state index contributed by atoms with van der Waals surface area (Å²) in [7, 11) is -6.31. The van der Waals surface area contributed by atoms with Gasteiger partial charge < -0.3 is 9.30 Å². The van der Waals surface area contributed by atoms with Crippen LogP contribution in [0.25, 0.3) is 10.2 Å². The number of sulfone groups is 1. The maximum Gasteiger partial charge on any atom is 0.325 e. The van der Waals surface area contributed by atoms with E-state index in [4.69, 9.17) is 15.3 Å². The fourth-order valence-electron chi connectivity index (χ4n) is 3.49. The minimum absolute atomic E-state index is 0.0491. The molecular weight excluding hydrogens is 566 g/mol. The predicted octanol–water partition coefficient (Wildman–Crippen LogP) is 1.84. The maximum absolute atomic E-state index is 13.0. The summed E-state index contributed by atoms with van der Waals surface area (Å²) >= 11 is 1.00. The van der Waals surface area contributed by atoms with Crippen LogP contribution in [0, 0.1) is 22.7 Å². The number of methoxy groups -OCH3 is 1. The molecule has 0 unspecified atom stereocenters. The van der Waals surface area contributed by atoms with E-state index in [0.29, 0.717) is 10.2 Å². The molecule has 1 aromatic heterocycles. The fourth-order valence-corrected chi connectivity index (χ4v) is 6.72. The van der Waals surface area contributed by atoms with Crippen LogP contribution in [0.5, 0.6) is 0 Å². The molecule has 3 rings (SSSR count). The van der Waals surface area contributed by atoms with Crippen molar-refractivity contribution in [2.24, 2.45) is 4.99 Å². The van der Waals surface area contributed by atoms with Crippen molar-refractivity contribution in [2.45, 2.75) is 29.2 Å². The molecule has 1 heterocycles. The molecule has 204 valence electrons. The monoisotopic (exact) mass is 589 g/mol. The molecule has 0 atom stereocenters. The number of rotatable bonds is 10. The Bertz CT molecular complexity index is 1760. The molecule has 15 heteroatoms. The maximum atomic E-state index is 13.0. The van der Waals surface area contributed by atoms with E-state index in [0.717, 1.165) is 21.9 Å². The quantitative estimate of drug-likeness (QED) is 0.319. The van der Waals surface area contributed by atoms with Crippen LogP contribution in [0.15, 0.2) is 57.2 Å². The van der Waals surface area contributed by atoms with Gasteiger partial charge in [-0.05, 0) is 42.5 Å². The number of nitrogens with zero attached hydrogens (tertiary/aromatic N) is 5. The second-order valence-corrected chi connectivity index (χ2v) is 13.1. The van der Waals surface area contributed by atoms with E-state index in [1.807, 2.05) is 12.1 Å². The molecule has 39 heavy (non-hydrogen) atoms. The average Bonchev–Trinajstić information content (AvgIpc) is 3.23. The first-order valence-corrected chi connectivity index (χ1v) is 15.4. The standard InChI is InChI=1S/C24H23N5O7S3/c1-36-22(30)16-29-20-10-9-19(38(2,32)33)15-21(20)37-24(29)27-23(31)17-5-7-18(8-6-17)39(34,35)28(13-3-11-25)14-4-12-26/h5-10,15H,3-4,13-14,16H2,1-2H3. The number of esters is 1. The Hall–Kier alpha value is -3.89. The largest absolute Gasteiger partial charge is 0.468 e. The summed E-state index contributed by atoms with van der Waals surface area (Å²) in [5, 5.41) is 17.7. The molecule has 0 aliphatic carbocycles. The number of aromatic nitrogens is 1. The third-order valence-electron chi connectivity index (χ3n) is 5.48. The van der Waals surface area contributed by atoms with Gasteiger partial charge in [-0.25, -0.2) is 16.8 Å². The van der Waals surface area contributed by atoms with Gasteiger partial charge in [-0.1, -0.05) is 11.3 Å². The van der Waals surface area contributed by atoms with Crippen LogP contribution in [0.1, 0.15) is 23.2 Å². The Labute approximate surface area is 229 Å². The summed E-state index contributed by atoms with van der Waals surface area (Å²) in [6.45, 7) is -0.438. The molecular formula is C24H23N5O7S3. The number of ether oxygens (including phenoxy) is 1. The summed E-state index contributed by atoms with van der Waals surface area (Å²) in [5.41, 5.74) is 0.536. The average molecular weight is 590 g/mol. The number of carbonyl (C=O) groups is 2. The first-order chi connectivity index (χ1) is 18.4. The number of benzene rings is 2. The van der Waals surface area contributed by atoms with Crippen LogP contribution in [-0.4, -0.2) is 64.0 Å². The zero-order valence-electron chi connectivity index (χ0n) is 20.9. The molecule has 2 aromatic carbocycles. The normalized spacial score (nSPS) is 12.3. The van der Waals surface area contributed by atoms with E-state index in [2.05, 4.69) is 4.99 Å². The summed E-state index contributed by atoms with van der Waals surface area (Å²) in [6, 6.07) is 13.1. The third kappa shape index (κ3) is 6.96. The van der Waals surface area contributed by atoms with Crippen molar-refractivity contribution in [2.75, 3.05) is 26.5 Å². The summed E-state index contributed by atoms with van der Waals surface area (Å²) in [5.74, 6) is -1.33. The first-order valence-electron chi connectivity index (χ1n) is 11.3. The van der Waals surface area contributed by atoms with Crippen molar-refractivity contribution in [3.63, 3.8) is 0 Å². The number of sulfonamides is 1. The van der Waals surface area contributed by atoms with Crippen molar-refractivity contribution in [1.82, 2.24) is 8.87 Å². The predicted molar refractivity (Wildman–Crippen MR) is 140 cm³/mol. The van der Waals surface area contributed by atoms with E-state index in [1.165, 1.54) is 54.1 Å². The first kappa shape index (κ1) is 29.7. The molecule has 1 amide bonds. The number of amides is 1. The van der Waals surface area contributed by atoms with Gasteiger partial charge in [0.15, 0.2) is 14.6 Å². The highest BCUT2D eigenvalue weighted by molar-refractivity contribution is 7.90. The Balaban J connectivity index is 2.01. The van der Waals surface area contributed by atoms with Crippen molar-refractivity contribution < 1.29 is 31.2 Å². The van der Waals surface area contributed by atoms with Gasteiger partial charge in [0.2, 0.25) is 10.0 Å². The van der Waals surface area contributed by atoms with E-state index in [1.54, 1.807) is 0 Å². The highest BCUT2D eigenvalue weighted by Gasteiger charge is 2.24.